The Labute approximate surface area is 607 Å². The van der Waals surface area contributed by atoms with Crippen LogP contribution in [0.2, 0.25) is 0 Å². The van der Waals surface area contributed by atoms with Crippen LogP contribution in [0, 0.1) is 17.8 Å². The minimum atomic E-state index is -4.96. The Hall–Kier alpha value is -1.94. The van der Waals surface area contributed by atoms with Crippen LogP contribution in [0.3, 0.4) is 0 Å². The summed E-state index contributed by atoms with van der Waals surface area (Å²) in [5, 5.41) is 10.6. The maximum Gasteiger partial charge on any atom is 0.472 e. The third-order valence-corrected chi connectivity index (χ3v) is 20.5. The predicted molar refractivity (Wildman–Crippen MR) is 405 cm³/mol. The molecule has 19 heteroatoms. The average molecular weight is 1450 g/mol. The summed E-state index contributed by atoms with van der Waals surface area (Å²) in [5.74, 6) is 0.0990. The van der Waals surface area contributed by atoms with Crippen LogP contribution >= 0.6 is 15.6 Å². The van der Waals surface area contributed by atoms with E-state index in [1.165, 1.54) is 218 Å². The number of rotatable bonds is 78. The summed E-state index contributed by atoms with van der Waals surface area (Å²) in [7, 11) is -9.92. The summed E-state index contributed by atoms with van der Waals surface area (Å²) in [6.45, 7) is 11.8. The fourth-order valence-corrected chi connectivity index (χ4v) is 13.9. The molecule has 0 heterocycles. The summed E-state index contributed by atoms with van der Waals surface area (Å²) in [4.78, 5) is 72.9. The van der Waals surface area contributed by atoms with Crippen LogP contribution in [0.4, 0.5) is 0 Å². The van der Waals surface area contributed by atoms with E-state index >= 15 is 0 Å². The van der Waals surface area contributed by atoms with E-state index in [0.717, 1.165) is 108 Å². The molecule has 17 nitrogen and oxygen atoms in total. The monoisotopic (exact) mass is 1450 g/mol. The topological polar surface area (TPSA) is 237 Å². The average Bonchev–Trinajstić information content (AvgIpc) is 1.08. The van der Waals surface area contributed by atoms with Gasteiger partial charge in [-0.15, -0.1) is 0 Å². The smallest absolute Gasteiger partial charge is 0.462 e. The summed E-state index contributed by atoms with van der Waals surface area (Å²) in [6.07, 6.45) is 58.6. The molecule has 0 aromatic rings. The van der Waals surface area contributed by atoms with E-state index in [0.29, 0.717) is 31.6 Å². The van der Waals surface area contributed by atoms with Gasteiger partial charge in [0.05, 0.1) is 26.4 Å². The van der Waals surface area contributed by atoms with Gasteiger partial charge in [-0.05, 0) is 43.4 Å². The SMILES string of the molecule is CCCCCCCCCCCCCCCCCCCCCCCCC(=O)O[C@H](COC(=O)CCCCCCCCCCCCCC(C)C)COP(=O)(O)OC[C@@H](O)COP(=O)(O)OC[C@@H](COC(=O)CCCCCCCCC(C)C)OC(=O)CCCCCCCCCCCCCC(C)C. The number of aliphatic hydroxyl groups excluding tert-OH is 1. The standard InChI is InChI=1S/C80H156O17P2/c1-8-9-10-11-12-13-14-15-16-17-18-19-20-21-22-23-24-29-35-40-49-56-63-79(84)96-75(67-90-77(82)61-54-47-39-34-30-25-27-32-37-44-51-58-71(2)3)69-94-98(86,87)92-65-74(81)66-93-99(88,89)95-70-76(68-91-78(83)62-55-48-43-42-46-53-60-73(6)7)97-80(85)64-57-50-41-36-31-26-28-33-38-45-52-59-72(4)5/h71-76,81H,8-70H2,1-7H3,(H,86,87)(H,88,89)/t74-,75-,76-/m1/s1. The molecule has 0 saturated heterocycles. The van der Waals surface area contributed by atoms with Crippen molar-refractivity contribution in [3.05, 3.63) is 0 Å². The first-order valence-electron chi connectivity index (χ1n) is 41.3. The molecular weight excluding hydrogens is 1290 g/mol. The zero-order valence-corrected chi connectivity index (χ0v) is 66.8. The Morgan fingerprint density at radius 3 is 0.687 bits per heavy atom. The number of unbranched alkanes of at least 4 members (excludes halogenated alkanes) is 46. The molecular formula is C80H156O17P2. The van der Waals surface area contributed by atoms with Crippen molar-refractivity contribution < 1.29 is 80.2 Å². The zero-order valence-electron chi connectivity index (χ0n) is 65.0. The number of carbonyl (C=O) groups is 4. The van der Waals surface area contributed by atoms with Crippen molar-refractivity contribution in [3.8, 4) is 0 Å². The number of phosphoric acid groups is 2. The van der Waals surface area contributed by atoms with Gasteiger partial charge in [0.1, 0.15) is 19.3 Å². The molecule has 0 aliphatic heterocycles. The number of hydrogen-bond acceptors (Lipinski definition) is 15. The second kappa shape index (κ2) is 70.4. The summed E-state index contributed by atoms with van der Waals surface area (Å²) < 4.78 is 68.6. The van der Waals surface area contributed by atoms with Gasteiger partial charge in [0.15, 0.2) is 12.2 Å². The third-order valence-electron chi connectivity index (χ3n) is 18.6. The Balaban J connectivity index is 5.19. The van der Waals surface area contributed by atoms with Gasteiger partial charge in [-0.1, -0.05) is 363 Å². The summed E-state index contributed by atoms with van der Waals surface area (Å²) in [6, 6.07) is 0. The highest BCUT2D eigenvalue weighted by atomic mass is 31.2. The van der Waals surface area contributed by atoms with Crippen LogP contribution in [-0.4, -0.2) is 96.7 Å². The highest BCUT2D eigenvalue weighted by Gasteiger charge is 2.30. The van der Waals surface area contributed by atoms with Crippen molar-refractivity contribution >= 4 is 39.5 Å². The molecule has 0 aromatic heterocycles. The van der Waals surface area contributed by atoms with E-state index in [-0.39, 0.29) is 25.7 Å². The molecule has 99 heavy (non-hydrogen) atoms. The second-order valence-electron chi connectivity index (χ2n) is 30.2. The quantitative estimate of drug-likeness (QED) is 0.0222. The highest BCUT2D eigenvalue weighted by Crippen LogP contribution is 2.45. The van der Waals surface area contributed by atoms with Gasteiger partial charge in [0.2, 0.25) is 0 Å². The van der Waals surface area contributed by atoms with Gasteiger partial charge in [-0.2, -0.15) is 0 Å². The van der Waals surface area contributed by atoms with Crippen molar-refractivity contribution in [3.63, 3.8) is 0 Å². The fraction of sp³-hybridized carbons (Fsp3) is 0.950. The molecule has 2 unspecified atom stereocenters. The molecule has 0 aliphatic rings. The lowest BCUT2D eigenvalue weighted by molar-refractivity contribution is -0.161. The van der Waals surface area contributed by atoms with Crippen molar-refractivity contribution in [1.29, 1.82) is 0 Å². The Kier molecular flexibility index (Phi) is 69.0. The number of aliphatic hydroxyl groups is 1. The van der Waals surface area contributed by atoms with Crippen LogP contribution in [-0.2, 0) is 65.4 Å². The van der Waals surface area contributed by atoms with Gasteiger partial charge in [-0.3, -0.25) is 37.3 Å². The van der Waals surface area contributed by atoms with Crippen LogP contribution in [0.25, 0.3) is 0 Å². The zero-order chi connectivity index (χ0) is 73.0. The van der Waals surface area contributed by atoms with Crippen molar-refractivity contribution in [1.82, 2.24) is 0 Å². The minimum Gasteiger partial charge on any atom is -0.462 e. The maximum absolute atomic E-state index is 13.1. The predicted octanol–water partition coefficient (Wildman–Crippen LogP) is 23.7. The van der Waals surface area contributed by atoms with Gasteiger partial charge in [0.25, 0.3) is 0 Å². The Morgan fingerprint density at radius 2 is 0.465 bits per heavy atom. The lowest BCUT2D eigenvalue weighted by atomic mass is 10.0. The lowest BCUT2D eigenvalue weighted by Crippen LogP contribution is -2.30. The second-order valence-corrected chi connectivity index (χ2v) is 33.1. The molecule has 0 amide bonds. The molecule has 0 aromatic carbocycles. The molecule has 588 valence electrons. The molecule has 3 N–H and O–H groups in total. The number of phosphoric ester groups is 2. The summed E-state index contributed by atoms with van der Waals surface area (Å²) >= 11 is 0. The molecule has 0 rings (SSSR count). The Morgan fingerprint density at radius 1 is 0.273 bits per heavy atom. The first-order chi connectivity index (χ1) is 47.7. The van der Waals surface area contributed by atoms with E-state index in [1.807, 2.05) is 0 Å². The number of carbonyl (C=O) groups excluding carboxylic acids is 4. The number of ether oxygens (including phenoxy) is 4. The van der Waals surface area contributed by atoms with Gasteiger partial charge in [-0.25, -0.2) is 9.13 Å². The maximum atomic E-state index is 13.1. The van der Waals surface area contributed by atoms with Crippen LogP contribution < -0.4 is 0 Å². The number of esters is 4. The van der Waals surface area contributed by atoms with Crippen molar-refractivity contribution in [2.45, 2.75) is 433 Å². The van der Waals surface area contributed by atoms with Crippen molar-refractivity contribution in [2.75, 3.05) is 39.6 Å². The van der Waals surface area contributed by atoms with Crippen LogP contribution in [0.1, 0.15) is 414 Å². The van der Waals surface area contributed by atoms with E-state index in [4.69, 9.17) is 37.0 Å². The summed E-state index contributed by atoms with van der Waals surface area (Å²) in [5.41, 5.74) is 0. The molecule has 0 fully saturated rings. The van der Waals surface area contributed by atoms with Gasteiger partial charge >= 0.3 is 39.5 Å². The molecule has 0 spiro atoms. The van der Waals surface area contributed by atoms with Gasteiger partial charge in [0, 0.05) is 25.7 Å². The van der Waals surface area contributed by atoms with E-state index in [9.17, 15) is 43.2 Å². The molecule has 0 saturated carbocycles. The molecule has 0 radical (unpaired) electrons. The van der Waals surface area contributed by atoms with E-state index < -0.39 is 97.5 Å². The molecule has 0 bridgehead atoms. The Bertz CT molecular complexity index is 1920. The minimum absolute atomic E-state index is 0.105. The molecule has 5 atom stereocenters. The largest absolute Gasteiger partial charge is 0.472 e. The van der Waals surface area contributed by atoms with E-state index in [1.54, 1.807) is 0 Å². The van der Waals surface area contributed by atoms with Crippen LogP contribution in [0.5, 0.6) is 0 Å². The third kappa shape index (κ3) is 74.1. The van der Waals surface area contributed by atoms with Crippen LogP contribution in [0.15, 0.2) is 0 Å². The van der Waals surface area contributed by atoms with E-state index in [2.05, 4.69) is 48.5 Å². The lowest BCUT2D eigenvalue weighted by Gasteiger charge is -2.21. The fourth-order valence-electron chi connectivity index (χ4n) is 12.3. The number of hydrogen-bond donors (Lipinski definition) is 3. The highest BCUT2D eigenvalue weighted by molar-refractivity contribution is 7.47. The first-order valence-corrected chi connectivity index (χ1v) is 44.3. The van der Waals surface area contributed by atoms with Crippen molar-refractivity contribution in [2.24, 2.45) is 17.8 Å². The normalized spacial score (nSPS) is 14.0. The molecule has 0 aliphatic carbocycles. The van der Waals surface area contributed by atoms with Gasteiger partial charge < -0.3 is 33.8 Å². The first kappa shape index (κ1) is 97.1.